The minimum Gasteiger partial charge on any atom is -0.480 e. The molecule has 0 bridgehead atoms. The highest BCUT2D eigenvalue weighted by molar-refractivity contribution is 5.69. The zero-order valence-corrected chi connectivity index (χ0v) is 14.0. The Hall–Kier alpha value is -0.610. The van der Waals surface area contributed by atoms with Gasteiger partial charge in [-0.05, 0) is 37.1 Å². The van der Waals surface area contributed by atoms with E-state index in [1.165, 1.54) is 25.7 Å². The van der Waals surface area contributed by atoms with E-state index in [1.807, 2.05) is 0 Å². The lowest BCUT2D eigenvalue weighted by Crippen LogP contribution is -2.48. The molecule has 0 aromatic carbocycles. The summed E-state index contributed by atoms with van der Waals surface area (Å²) in [6.07, 6.45) is 6.50. The van der Waals surface area contributed by atoms with Gasteiger partial charge in [0.05, 0.1) is 6.54 Å². The smallest absolute Gasteiger partial charge is 0.317 e. The van der Waals surface area contributed by atoms with Gasteiger partial charge in [-0.15, -0.1) is 0 Å². The molecule has 2 aliphatic rings. The summed E-state index contributed by atoms with van der Waals surface area (Å²) in [5.41, 5.74) is 0.373. The van der Waals surface area contributed by atoms with E-state index in [0.717, 1.165) is 38.5 Å². The quantitative estimate of drug-likeness (QED) is 0.869. The maximum Gasteiger partial charge on any atom is 0.317 e. The number of carboxylic acids is 1. The first-order valence-electron chi connectivity index (χ1n) is 8.56. The van der Waals surface area contributed by atoms with Crippen molar-refractivity contribution in [1.82, 2.24) is 9.80 Å². The Morgan fingerprint density at radius 2 is 1.76 bits per heavy atom. The van der Waals surface area contributed by atoms with Crippen LogP contribution in [0, 0.1) is 11.3 Å². The largest absolute Gasteiger partial charge is 0.480 e. The van der Waals surface area contributed by atoms with Crippen LogP contribution >= 0.6 is 0 Å². The molecule has 1 saturated heterocycles. The molecule has 0 radical (unpaired) electrons. The van der Waals surface area contributed by atoms with Gasteiger partial charge in [-0.25, -0.2) is 0 Å². The van der Waals surface area contributed by atoms with Gasteiger partial charge in [0, 0.05) is 25.7 Å². The van der Waals surface area contributed by atoms with Gasteiger partial charge in [-0.3, -0.25) is 14.6 Å². The normalized spacial score (nSPS) is 30.0. The van der Waals surface area contributed by atoms with Crippen LogP contribution in [0.25, 0.3) is 0 Å². The van der Waals surface area contributed by atoms with Crippen molar-refractivity contribution < 1.29 is 9.90 Å². The minimum absolute atomic E-state index is 0.196. The van der Waals surface area contributed by atoms with Gasteiger partial charge < -0.3 is 5.11 Å². The summed E-state index contributed by atoms with van der Waals surface area (Å²) in [6, 6.07) is 0.698. The molecule has 0 amide bonds. The van der Waals surface area contributed by atoms with Gasteiger partial charge in [-0.1, -0.05) is 33.6 Å². The van der Waals surface area contributed by atoms with Crippen LogP contribution in [-0.2, 0) is 4.79 Å². The van der Waals surface area contributed by atoms with Gasteiger partial charge in [0.2, 0.25) is 0 Å². The SMILES string of the molecule is CC(C)(C)C1CCCCC1N1CCCN(CC(=O)O)CC1. The third-order valence-corrected chi connectivity index (χ3v) is 5.29. The number of rotatable bonds is 3. The van der Waals surface area contributed by atoms with Crippen molar-refractivity contribution in [2.45, 2.75) is 58.9 Å². The van der Waals surface area contributed by atoms with Crippen LogP contribution < -0.4 is 0 Å². The molecule has 1 N–H and O–H groups in total. The van der Waals surface area contributed by atoms with Gasteiger partial charge >= 0.3 is 5.97 Å². The molecule has 4 nitrogen and oxygen atoms in total. The number of carbonyl (C=O) groups is 1. The second kappa shape index (κ2) is 7.10. The molecule has 1 aliphatic carbocycles. The van der Waals surface area contributed by atoms with E-state index in [0.29, 0.717) is 11.5 Å². The first kappa shape index (κ1) is 16.8. The van der Waals surface area contributed by atoms with E-state index in [-0.39, 0.29) is 6.54 Å². The van der Waals surface area contributed by atoms with E-state index >= 15 is 0 Å². The average Bonchev–Trinajstić information content (AvgIpc) is 2.63. The highest BCUT2D eigenvalue weighted by Gasteiger charge is 2.37. The molecule has 122 valence electrons. The number of nitrogens with zero attached hydrogens (tertiary/aromatic N) is 2. The summed E-state index contributed by atoms with van der Waals surface area (Å²) in [7, 11) is 0. The van der Waals surface area contributed by atoms with E-state index < -0.39 is 5.97 Å². The molecule has 1 aliphatic heterocycles. The number of hydrogen-bond acceptors (Lipinski definition) is 3. The molecular weight excluding hydrogens is 264 g/mol. The second-order valence-corrected chi connectivity index (χ2v) is 7.88. The van der Waals surface area contributed by atoms with Crippen molar-refractivity contribution in [3.8, 4) is 0 Å². The topological polar surface area (TPSA) is 43.8 Å². The lowest BCUT2D eigenvalue weighted by Gasteiger charge is -2.45. The zero-order chi connectivity index (χ0) is 15.5. The first-order chi connectivity index (χ1) is 9.88. The first-order valence-corrected chi connectivity index (χ1v) is 8.56. The van der Waals surface area contributed by atoms with Crippen molar-refractivity contribution in [3.05, 3.63) is 0 Å². The van der Waals surface area contributed by atoms with Crippen LogP contribution in [0.3, 0.4) is 0 Å². The Kier molecular flexibility index (Phi) is 5.67. The van der Waals surface area contributed by atoms with Crippen molar-refractivity contribution in [2.75, 3.05) is 32.7 Å². The third-order valence-electron chi connectivity index (χ3n) is 5.29. The Bertz CT molecular complexity index is 351. The third kappa shape index (κ3) is 4.68. The minimum atomic E-state index is -0.700. The molecule has 1 heterocycles. The molecular formula is C17H32N2O2. The molecule has 21 heavy (non-hydrogen) atoms. The van der Waals surface area contributed by atoms with Crippen LogP contribution in [0.2, 0.25) is 0 Å². The molecule has 0 aromatic heterocycles. The Balaban J connectivity index is 1.98. The molecule has 0 spiro atoms. The maximum atomic E-state index is 10.9. The van der Waals surface area contributed by atoms with Crippen molar-refractivity contribution >= 4 is 5.97 Å². The van der Waals surface area contributed by atoms with Gasteiger partial charge in [0.15, 0.2) is 0 Å². The standard InChI is InChI=1S/C17H32N2O2/c1-17(2,3)14-7-4-5-8-15(14)19-10-6-9-18(11-12-19)13-16(20)21/h14-15H,4-13H2,1-3H3,(H,20,21). The monoisotopic (exact) mass is 296 g/mol. The molecule has 2 unspecified atom stereocenters. The van der Waals surface area contributed by atoms with Gasteiger partial charge in [-0.2, -0.15) is 0 Å². The van der Waals surface area contributed by atoms with Crippen LogP contribution in [0.5, 0.6) is 0 Å². The Morgan fingerprint density at radius 3 is 2.43 bits per heavy atom. The average molecular weight is 296 g/mol. The summed E-state index contributed by atoms with van der Waals surface area (Å²) in [4.78, 5) is 15.6. The number of carboxylic acid groups (broad SMARTS) is 1. The molecule has 2 rings (SSSR count). The van der Waals surface area contributed by atoms with Crippen LogP contribution in [0.1, 0.15) is 52.9 Å². The summed E-state index contributed by atoms with van der Waals surface area (Å²) in [6.45, 7) is 11.3. The van der Waals surface area contributed by atoms with Crippen LogP contribution in [0.4, 0.5) is 0 Å². The zero-order valence-electron chi connectivity index (χ0n) is 14.0. The van der Waals surface area contributed by atoms with E-state index in [2.05, 4.69) is 30.6 Å². The fraction of sp³-hybridized carbons (Fsp3) is 0.941. The van der Waals surface area contributed by atoms with Crippen molar-refractivity contribution in [1.29, 1.82) is 0 Å². The van der Waals surface area contributed by atoms with Crippen molar-refractivity contribution in [2.24, 2.45) is 11.3 Å². The summed E-state index contributed by atoms with van der Waals surface area (Å²) in [5.74, 6) is 0.0750. The fourth-order valence-corrected chi connectivity index (χ4v) is 4.23. The Labute approximate surface area is 129 Å². The van der Waals surface area contributed by atoms with Gasteiger partial charge in [0.1, 0.15) is 0 Å². The summed E-state index contributed by atoms with van der Waals surface area (Å²) >= 11 is 0. The molecule has 2 atom stereocenters. The predicted octanol–water partition coefficient (Wildman–Crippen LogP) is 2.68. The molecule has 4 heteroatoms. The molecule has 0 aromatic rings. The lowest BCUT2D eigenvalue weighted by atomic mass is 9.69. The van der Waals surface area contributed by atoms with E-state index in [4.69, 9.17) is 5.11 Å². The number of hydrogen-bond donors (Lipinski definition) is 1. The van der Waals surface area contributed by atoms with Crippen LogP contribution in [0.15, 0.2) is 0 Å². The summed E-state index contributed by atoms with van der Waals surface area (Å²) < 4.78 is 0. The van der Waals surface area contributed by atoms with Gasteiger partial charge in [0.25, 0.3) is 0 Å². The highest BCUT2D eigenvalue weighted by Crippen LogP contribution is 2.40. The number of aliphatic carboxylic acids is 1. The van der Waals surface area contributed by atoms with Crippen LogP contribution in [-0.4, -0.2) is 59.6 Å². The Morgan fingerprint density at radius 1 is 1.05 bits per heavy atom. The van der Waals surface area contributed by atoms with E-state index in [9.17, 15) is 4.79 Å². The fourth-order valence-electron chi connectivity index (χ4n) is 4.23. The maximum absolute atomic E-state index is 10.9. The highest BCUT2D eigenvalue weighted by atomic mass is 16.4. The van der Waals surface area contributed by atoms with E-state index in [1.54, 1.807) is 0 Å². The lowest BCUT2D eigenvalue weighted by molar-refractivity contribution is -0.138. The molecule has 1 saturated carbocycles. The predicted molar refractivity (Wildman–Crippen MR) is 85.5 cm³/mol. The van der Waals surface area contributed by atoms with Crippen molar-refractivity contribution in [3.63, 3.8) is 0 Å². The summed E-state index contributed by atoms with van der Waals surface area (Å²) in [5, 5.41) is 8.97. The molecule has 2 fully saturated rings. The second-order valence-electron chi connectivity index (χ2n) is 7.88.